The Bertz CT molecular complexity index is 743. The summed E-state index contributed by atoms with van der Waals surface area (Å²) in [5.74, 6) is -0.131. The number of para-hydroxylation sites is 1. The molecule has 0 saturated carbocycles. The number of rotatable bonds is 3. The number of nitrogens with zero attached hydrogens (tertiary/aromatic N) is 1. The van der Waals surface area contributed by atoms with E-state index >= 15 is 0 Å². The van der Waals surface area contributed by atoms with Crippen LogP contribution in [0, 0.1) is 17.0 Å². The van der Waals surface area contributed by atoms with Gasteiger partial charge in [-0.15, -0.1) is 0 Å². The molecule has 0 fully saturated rings. The van der Waals surface area contributed by atoms with Gasteiger partial charge in [-0.1, -0.05) is 18.2 Å². The van der Waals surface area contributed by atoms with Gasteiger partial charge in [-0.3, -0.25) is 14.9 Å². The van der Waals surface area contributed by atoms with Crippen LogP contribution in [0.25, 0.3) is 0 Å². The van der Waals surface area contributed by atoms with E-state index in [-0.39, 0.29) is 11.6 Å². The molecule has 1 aliphatic rings. The molecule has 2 aromatic rings. The van der Waals surface area contributed by atoms with Crippen LogP contribution >= 0.6 is 0 Å². The zero-order valence-electron chi connectivity index (χ0n) is 11.3. The molecule has 106 valence electrons. The largest absolute Gasteiger partial charge is 0.370 e. The number of nitro groups is 1. The number of nitrogens with one attached hydrogen (secondary N) is 2. The summed E-state index contributed by atoms with van der Waals surface area (Å²) >= 11 is 0. The maximum Gasteiger partial charge on any atom is 0.269 e. The molecule has 2 N–H and O–H groups in total. The van der Waals surface area contributed by atoms with Gasteiger partial charge in [0.2, 0.25) is 0 Å². The first-order chi connectivity index (χ1) is 10.1. The van der Waals surface area contributed by atoms with E-state index in [9.17, 15) is 14.9 Å². The first-order valence-electron chi connectivity index (χ1n) is 6.47. The van der Waals surface area contributed by atoms with Crippen molar-refractivity contribution in [2.75, 3.05) is 10.6 Å². The van der Waals surface area contributed by atoms with Gasteiger partial charge in [0.25, 0.3) is 11.6 Å². The Morgan fingerprint density at radius 1 is 1.24 bits per heavy atom. The lowest BCUT2D eigenvalue weighted by atomic mass is 10.1. The summed E-state index contributed by atoms with van der Waals surface area (Å²) < 4.78 is 0. The van der Waals surface area contributed by atoms with Crippen molar-refractivity contribution in [1.82, 2.24) is 0 Å². The standard InChI is InChI=1S/C15H13N3O3/c1-9-8-10(18(20)21)6-7-12(9)16-14-11-4-2-3-5-13(11)17-15(14)19/h2-8,14,16H,1H3,(H,17,19). The highest BCUT2D eigenvalue weighted by molar-refractivity contribution is 6.04. The van der Waals surface area contributed by atoms with Crippen molar-refractivity contribution in [3.8, 4) is 0 Å². The Kier molecular flexibility index (Phi) is 3.06. The summed E-state index contributed by atoms with van der Waals surface area (Å²) in [6.45, 7) is 1.77. The molecule has 0 saturated heterocycles. The second-order valence-electron chi connectivity index (χ2n) is 4.91. The first-order valence-corrected chi connectivity index (χ1v) is 6.47. The smallest absolute Gasteiger partial charge is 0.269 e. The average molecular weight is 283 g/mol. The maximum absolute atomic E-state index is 12.0. The van der Waals surface area contributed by atoms with Crippen LogP contribution in [0.3, 0.4) is 0 Å². The van der Waals surface area contributed by atoms with E-state index in [1.54, 1.807) is 13.0 Å². The number of nitro benzene ring substituents is 1. The molecule has 0 radical (unpaired) electrons. The molecule has 1 amide bonds. The van der Waals surface area contributed by atoms with Crippen molar-refractivity contribution in [3.05, 3.63) is 63.7 Å². The van der Waals surface area contributed by atoms with Crippen LogP contribution in [0.4, 0.5) is 17.1 Å². The number of amides is 1. The number of fused-ring (bicyclic) bond motifs is 1. The van der Waals surface area contributed by atoms with Crippen molar-refractivity contribution in [1.29, 1.82) is 0 Å². The summed E-state index contributed by atoms with van der Waals surface area (Å²) in [5.41, 5.74) is 3.13. The zero-order valence-corrected chi connectivity index (χ0v) is 11.3. The monoisotopic (exact) mass is 283 g/mol. The number of carbonyl (C=O) groups excluding carboxylic acids is 1. The second-order valence-corrected chi connectivity index (χ2v) is 4.91. The van der Waals surface area contributed by atoms with Gasteiger partial charge in [0.05, 0.1) is 4.92 Å². The van der Waals surface area contributed by atoms with Crippen LogP contribution < -0.4 is 10.6 Å². The predicted molar refractivity (Wildman–Crippen MR) is 79.3 cm³/mol. The maximum atomic E-state index is 12.0. The number of non-ortho nitro benzene ring substituents is 1. The van der Waals surface area contributed by atoms with E-state index in [2.05, 4.69) is 10.6 Å². The average Bonchev–Trinajstić information content (AvgIpc) is 2.77. The van der Waals surface area contributed by atoms with Crippen LogP contribution in [0.1, 0.15) is 17.2 Å². The molecule has 1 aliphatic heterocycles. The third-order valence-corrected chi connectivity index (χ3v) is 3.51. The van der Waals surface area contributed by atoms with E-state index in [1.165, 1.54) is 12.1 Å². The fourth-order valence-electron chi connectivity index (χ4n) is 2.43. The van der Waals surface area contributed by atoms with Crippen LogP contribution in [-0.2, 0) is 4.79 Å². The number of aryl methyl sites for hydroxylation is 1. The minimum Gasteiger partial charge on any atom is -0.370 e. The van der Waals surface area contributed by atoms with E-state index in [0.29, 0.717) is 5.69 Å². The lowest BCUT2D eigenvalue weighted by Gasteiger charge is -2.15. The van der Waals surface area contributed by atoms with Crippen molar-refractivity contribution >= 4 is 23.0 Å². The van der Waals surface area contributed by atoms with Gasteiger partial charge in [0.15, 0.2) is 0 Å². The van der Waals surface area contributed by atoms with E-state index in [0.717, 1.165) is 16.8 Å². The number of hydrogen-bond donors (Lipinski definition) is 2. The number of benzene rings is 2. The Balaban J connectivity index is 1.91. The van der Waals surface area contributed by atoms with E-state index < -0.39 is 11.0 Å². The van der Waals surface area contributed by atoms with Crippen LogP contribution in [0.5, 0.6) is 0 Å². The second kappa shape index (κ2) is 4.90. The Hall–Kier alpha value is -2.89. The Morgan fingerprint density at radius 2 is 2.00 bits per heavy atom. The molecule has 0 aliphatic carbocycles. The summed E-state index contributed by atoms with van der Waals surface area (Å²) in [7, 11) is 0. The molecular formula is C15H13N3O3. The highest BCUT2D eigenvalue weighted by Gasteiger charge is 2.30. The summed E-state index contributed by atoms with van der Waals surface area (Å²) in [5, 5.41) is 16.7. The fourth-order valence-corrected chi connectivity index (χ4v) is 2.43. The van der Waals surface area contributed by atoms with Crippen molar-refractivity contribution < 1.29 is 9.72 Å². The number of carbonyl (C=O) groups is 1. The molecular weight excluding hydrogens is 270 g/mol. The molecule has 21 heavy (non-hydrogen) atoms. The van der Waals surface area contributed by atoms with Crippen LogP contribution in [0.15, 0.2) is 42.5 Å². The van der Waals surface area contributed by atoms with Crippen molar-refractivity contribution in [3.63, 3.8) is 0 Å². The molecule has 2 aromatic carbocycles. The first kappa shape index (κ1) is 13.1. The molecule has 0 bridgehead atoms. The predicted octanol–water partition coefficient (Wildman–Crippen LogP) is 3.01. The van der Waals surface area contributed by atoms with Gasteiger partial charge in [-0.2, -0.15) is 0 Å². The fraction of sp³-hybridized carbons (Fsp3) is 0.133. The lowest BCUT2D eigenvalue weighted by Crippen LogP contribution is -2.20. The van der Waals surface area contributed by atoms with E-state index in [1.807, 2.05) is 24.3 Å². The van der Waals surface area contributed by atoms with Crippen LogP contribution in [-0.4, -0.2) is 10.8 Å². The summed E-state index contributed by atoms with van der Waals surface area (Å²) in [6.07, 6.45) is 0. The molecule has 6 heteroatoms. The minimum atomic E-state index is -0.485. The van der Waals surface area contributed by atoms with Crippen molar-refractivity contribution in [2.45, 2.75) is 13.0 Å². The van der Waals surface area contributed by atoms with Gasteiger partial charge in [-0.05, 0) is 24.6 Å². The zero-order chi connectivity index (χ0) is 15.0. The molecule has 3 rings (SSSR count). The Morgan fingerprint density at radius 3 is 2.71 bits per heavy atom. The quantitative estimate of drug-likeness (QED) is 0.670. The van der Waals surface area contributed by atoms with Gasteiger partial charge in [0, 0.05) is 29.1 Å². The number of anilines is 2. The van der Waals surface area contributed by atoms with Crippen molar-refractivity contribution in [2.24, 2.45) is 0 Å². The highest BCUT2D eigenvalue weighted by Crippen LogP contribution is 2.34. The third kappa shape index (κ3) is 2.31. The molecule has 1 unspecified atom stereocenters. The SMILES string of the molecule is Cc1cc([N+](=O)[O-])ccc1NC1C(=O)Nc2ccccc21. The summed E-state index contributed by atoms with van der Waals surface area (Å²) in [4.78, 5) is 22.3. The third-order valence-electron chi connectivity index (χ3n) is 3.51. The molecule has 0 aromatic heterocycles. The normalized spacial score (nSPS) is 16.2. The van der Waals surface area contributed by atoms with E-state index in [4.69, 9.17) is 0 Å². The minimum absolute atomic E-state index is 0.0364. The molecule has 0 spiro atoms. The van der Waals surface area contributed by atoms with Crippen LogP contribution in [0.2, 0.25) is 0 Å². The van der Waals surface area contributed by atoms with Gasteiger partial charge >= 0.3 is 0 Å². The van der Waals surface area contributed by atoms with Gasteiger partial charge < -0.3 is 10.6 Å². The number of hydrogen-bond acceptors (Lipinski definition) is 4. The van der Waals surface area contributed by atoms with Gasteiger partial charge in [0.1, 0.15) is 6.04 Å². The topological polar surface area (TPSA) is 84.3 Å². The lowest BCUT2D eigenvalue weighted by molar-refractivity contribution is -0.384. The highest BCUT2D eigenvalue weighted by atomic mass is 16.6. The Labute approximate surface area is 120 Å². The molecule has 1 heterocycles. The molecule has 6 nitrogen and oxygen atoms in total. The molecule has 1 atom stereocenters. The van der Waals surface area contributed by atoms with Gasteiger partial charge in [-0.25, -0.2) is 0 Å². The summed E-state index contributed by atoms with van der Waals surface area (Å²) in [6, 6.07) is 11.5.